The number of hydrogen-bond donors (Lipinski definition) is 0. The second kappa shape index (κ2) is 13.1. The molecular formula is C32H38N2O7S. The topological polar surface area (TPSA) is 94.6 Å². The molecule has 1 fully saturated rings. The van der Waals surface area contributed by atoms with Crippen LogP contribution in [-0.4, -0.2) is 70.3 Å². The number of ether oxygens (including phenoxy) is 4. The van der Waals surface area contributed by atoms with E-state index in [2.05, 4.69) is 4.90 Å². The molecule has 3 atom stereocenters. The standard InChI is InChI=1S/C32H38N2O7S/c1-4-17-34(42(36,37)26-9-7-6-8-10-26)19-18-33-21-27(24-13-16-28-29(20-24)41-22-40-28)30(32(35)39-5-2)31(33)23-11-14-25(38-3)15-12-23/h6-16,20,27,30-31H,4-5,17-19,21-22H2,1-3H3/t27-,30-,31+/m1/s1. The van der Waals surface area contributed by atoms with Crippen molar-refractivity contribution < 1.29 is 32.2 Å². The van der Waals surface area contributed by atoms with Gasteiger partial charge in [0, 0.05) is 38.1 Å². The highest BCUT2D eigenvalue weighted by molar-refractivity contribution is 7.89. The largest absolute Gasteiger partial charge is 0.497 e. The summed E-state index contributed by atoms with van der Waals surface area (Å²) in [6.07, 6.45) is 0.680. The van der Waals surface area contributed by atoms with E-state index in [-0.39, 0.29) is 42.8 Å². The molecule has 0 amide bonds. The average molecular weight is 595 g/mol. The number of likely N-dealkylation sites (tertiary alicyclic amines) is 1. The van der Waals surface area contributed by atoms with Gasteiger partial charge in [-0.15, -0.1) is 0 Å². The number of sulfonamides is 1. The van der Waals surface area contributed by atoms with Crippen LogP contribution < -0.4 is 14.2 Å². The van der Waals surface area contributed by atoms with Crippen molar-refractivity contribution in [3.63, 3.8) is 0 Å². The van der Waals surface area contributed by atoms with Gasteiger partial charge in [-0.3, -0.25) is 9.69 Å². The van der Waals surface area contributed by atoms with Crippen LogP contribution >= 0.6 is 0 Å². The lowest BCUT2D eigenvalue weighted by atomic mass is 9.82. The molecule has 2 heterocycles. The quantitative estimate of drug-likeness (QED) is 0.275. The normalized spacial score (nSPS) is 20.1. The minimum atomic E-state index is -3.69. The van der Waals surface area contributed by atoms with Crippen LogP contribution in [0.4, 0.5) is 0 Å². The van der Waals surface area contributed by atoms with E-state index in [1.807, 2.05) is 49.4 Å². The van der Waals surface area contributed by atoms with Crippen LogP contribution in [0.5, 0.6) is 17.2 Å². The van der Waals surface area contributed by atoms with E-state index in [1.54, 1.807) is 48.7 Å². The van der Waals surface area contributed by atoms with Crippen molar-refractivity contribution >= 4 is 16.0 Å². The first-order chi connectivity index (χ1) is 20.4. The van der Waals surface area contributed by atoms with Gasteiger partial charge in [0.05, 0.1) is 24.5 Å². The lowest BCUT2D eigenvalue weighted by molar-refractivity contribution is -0.149. The predicted octanol–water partition coefficient (Wildman–Crippen LogP) is 4.84. The zero-order chi connectivity index (χ0) is 29.7. The number of methoxy groups -OCH3 is 1. The Morgan fingerprint density at radius 3 is 2.36 bits per heavy atom. The molecule has 0 N–H and O–H groups in total. The molecule has 42 heavy (non-hydrogen) atoms. The van der Waals surface area contributed by atoms with Gasteiger partial charge in [0.25, 0.3) is 0 Å². The zero-order valence-electron chi connectivity index (χ0n) is 24.3. The van der Waals surface area contributed by atoms with Crippen molar-refractivity contribution in [1.29, 1.82) is 0 Å². The Morgan fingerprint density at radius 1 is 0.952 bits per heavy atom. The lowest BCUT2D eigenvalue weighted by Crippen LogP contribution is -2.40. The van der Waals surface area contributed by atoms with Gasteiger partial charge in [0.2, 0.25) is 16.8 Å². The van der Waals surface area contributed by atoms with Crippen LogP contribution in [0.25, 0.3) is 0 Å². The van der Waals surface area contributed by atoms with Crippen LogP contribution in [0.2, 0.25) is 0 Å². The van der Waals surface area contributed by atoms with E-state index in [0.29, 0.717) is 43.3 Å². The SMILES string of the molecule is CCCN(CCN1C[C@H](c2ccc3c(c2)OCO3)[C@@H](C(=O)OCC)[C@@H]1c1ccc(OC)cc1)S(=O)(=O)c1ccccc1. The van der Waals surface area contributed by atoms with Gasteiger partial charge < -0.3 is 18.9 Å². The Labute approximate surface area is 248 Å². The summed E-state index contributed by atoms with van der Waals surface area (Å²) in [4.78, 5) is 16.1. The summed E-state index contributed by atoms with van der Waals surface area (Å²) in [5.41, 5.74) is 1.88. The third kappa shape index (κ3) is 6.11. The second-order valence-corrected chi connectivity index (χ2v) is 12.4. The van der Waals surface area contributed by atoms with Crippen molar-refractivity contribution in [2.24, 2.45) is 5.92 Å². The van der Waals surface area contributed by atoms with Gasteiger partial charge in [0.1, 0.15) is 5.75 Å². The number of nitrogens with zero attached hydrogens (tertiary/aromatic N) is 2. The zero-order valence-corrected chi connectivity index (χ0v) is 25.1. The number of benzene rings is 3. The van der Waals surface area contributed by atoms with Crippen LogP contribution in [-0.2, 0) is 19.6 Å². The summed E-state index contributed by atoms with van der Waals surface area (Å²) in [5, 5.41) is 0. The van der Waals surface area contributed by atoms with Crippen molar-refractivity contribution in [2.75, 3.05) is 46.7 Å². The molecule has 3 aromatic rings. The van der Waals surface area contributed by atoms with Crippen molar-refractivity contribution in [1.82, 2.24) is 9.21 Å². The Bertz CT molecular complexity index is 1460. The highest BCUT2D eigenvalue weighted by Gasteiger charge is 2.48. The van der Waals surface area contributed by atoms with E-state index < -0.39 is 15.9 Å². The summed E-state index contributed by atoms with van der Waals surface area (Å²) >= 11 is 0. The minimum Gasteiger partial charge on any atom is -0.497 e. The minimum absolute atomic E-state index is 0.161. The molecular weight excluding hydrogens is 556 g/mol. The molecule has 2 aliphatic rings. The van der Waals surface area contributed by atoms with Crippen molar-refractivity contribution in [2.45, 2.75) is 37.1 Å². The van der Waals surface area contributed by atoms with Crippen molar-refractivity contribution in [3.8, 4) is 17.2 Å². The Hall–Kier alpha value is -3.60. The van der Waals surface area contributed by atoms with Gasteiger partial charge in [0.15, 0.2) is 11.5 Å². The molecule has 1 saturated heterocycles. The van der Waals surface area contributed by atoms with Gasteiger partial charge in [-0.05, 0) is 60.9 Å². The highest BCUT2D eigenvalue weighted by Crippen LogP contribution is 2.48. The molecule has 224 valence electrons. The fourth-order valence-electron chi connectivity index (χ4n) is 5.95. The molecule has 0 unspecified atom stereocenters. The Kier molecular flexibility index (Phi) is 9.35. The first-order valence-electron chi connectivity index (χ1n) is 14.4. The fraction of sp³-hybridized carbons (Fsp3) is 0.406. The molecule has 0 bridgehead atoms. The fourth-order valence-corrected chi connectivity index (χ4v) is 7.49. The smallest absolute Gasteiger partial charge is 0.311 e. The van der Waals surface area contributed by atoms with Crippen LogP contribution in [0.3, 0.4) is 0 Å². The van der Waals surface area contributed by atoms with Crippen LogP contribution in [0, 0.1) is 5.92 Å². The number of fused-ring (bicyclic) bond motifs is 1. The Morgan fingerprint density at radius 2 is 1.67 bits per heavy atom. The van der Waals surface area contributed by atoms with Crippen LogP contribution in [0.1, 0.15) is 43.4 Å². The van der Waals surface area contributed by atoms with E-state index in [9.17, 15) is 13.2 Å². The molecule has 2 aliphatic heterocycles. The van der Waals surface area contributed by atoms with E-state index in [4.69, 9.17) is 18.9 Å². The summed E-state index contributed by atoms with van der Waals surface area (Å²) < 4.78 is 50.9. The first-order valence-corrected chi connectivity index (χ1v) is 15.8. The number of carbonyl (C=O) groups is 1. The van der Waals surface area contributed by atoms with Gasteiger partial charge >= 0.3 is 5.97 Å². The monoisotopic (exact) mass is 594 g/mol. The molecule has 0 saturated carbocycles. The summed E-state index contributed by atoms with van der Waals surface area (Å²) in [6.45, 7) is 5.83. The lowest BCUT2D eigenvalue weighted by Gasteiger charge is -2.30. The number of carbonyl (C=O) groups excluding carboxylic acids is 1. The maximum Gasteiger partial charge on any atom is 0.311 e. The third-order valence-corrected chi connectivity index (χ3v) is 9.84. The van der Waals surface area contributed by atoms with Crippen molar-refractivity contribution in [3.05, 3.63) is 83.9 Å². The Balaban J connectivity index is 1.51. The predicted molar refractivity (Wildman–Crippen MR) is 158 cm³/mol. The first kappa shape index (κ1) is 29.9. The third-order valence-electron chi connectivity index (χ3n) is 7.93. The van der Waals surface area contributed by atoms with Crippen LogP contribution in [0.15, 0.2) is 77.7 Å². The van der Waals surface area contributed by atoms with Gasteiger partial charge in [-0.1, -0.05) is 43.3 Å². The number of esters is 1. The molecule has 10 heteroatoms. The maximum atomic E-state index is 13.7. The average Bonchev–Trinajstić information content (AvgIpc) is 3.64. The summed E-state index contributed by atoms with van der Waals surface area (Å²) in [5.74, 6) is 1.02. The van der Waals surface area contributed by atoms with E-state index in [1.165, 1.54) is 0 Å². The molecule has 0 aromatic heterocycles. The highest BCUT2D eigenvalue weighted by atomic mass is 32.2. The van der Waals surface area contributed by atoms with Gasteiger partial charge in [-0.2, -0.15) is 4.31 Å². The second-order valence-electron chi connectivity index (χ2n) is 10.4. The maximum absolute atomic E-state index is 13.7. The van der Waals surface area contributed by atoms with E-state index in [0.717, 1.165) is 11.1 Å². The van der Waals surface area contributed by atoms with E-state index >= 15 is 0 Å². The molecule has 5 rings (SSSR count). The molecule has 9 nitrogen and oxygen atoms in total. The molecule has 0 radical (unpaired) electrons. The molecule has 0 aliphatic carbocycles. The van der Waals surface area contributed by atoms with Gasteiger partial charge in [-0.25, -0.2) is 8.42 Å². The molecule has 3 aromatic carbocycles. The number of hydrogen-bond acceptors (Lipinski definition) is 8. The summed E-state index contributed by atoms with van der Waals surface area (Å²) in [6, 6.07) is 21.7. The molecule has 0 spiro atoms. The number of rotatable bonds is 12. The summed E-state index contributed by atoms with van der Waals surface area (Å²) in [7, 11) is -2.07.